The van der Waals surface area contributed by atoms with E-state index >= 15 is 0 Å². The topological polar surface area (TPSA) is 66.9 Å². The van der Waals surface area contributed by atoms with Crippen molar-refractivity contribution >= 4 is 33.8 Å². The van der Waals surface area contributed by atoms with Gasteiger partial charge in [-0.25, -0.2) is 4.98 Å². The van der Waals surface area contributed by atoms with Gasteiger partial charge in [-0.3, -0.25) is 4.79 Å². The van der Waals surface area contributed by atoms with Gasteiger partial charge in [0, 0.05) is 24.9 Å². The number of nitrogens with one attached hydrogen (secondary N) is 2. The van der Waals surface area contributed by atoms with E-state index in [1.165, 1.54) is 41.4 Å². The fourth-order valence-corrected chi connectivity index (χ4v) is 4.59. The molecule has 22 heavy (non-hydrogen) atoms. The van der Waals surface area contributed by atoms with Crippen molar-refractivity contribution in [2.45, 2.75) is 39.0 Å². The molecule has 2 heterocycles. The maximum absolute atomic E-state index is 12.3. The summed E-state index contributed by atoms with van der Waals surface area (Å²) in [5.41, 5.74) is 2.72. The minimum absolute atomic E-state index is 0.0584. The summed E-state index contributed by atoms with van der Waals surface area (Å²) in [6.07, 6.45) is 5.62. The Morgan fingerprint density at radius 2 is 2.14 bits per heavy atom. The Bertz CT molecular complexity index is 654. The number of aryl methyl sites for hydroxylation is 3. The van der Waals surface area contributed by atoms with Gasteiger partial charge in [0.25, 0.3) is 5.91 Å². The van der Waals surface area contributed by atoms with Gasteiger partial charge in [0.1, 0.15) is 5.00 Å². The average Bonchev–Trinajstić information content (AvgIpc) is 3.09. The van der Waals surface area contributed by atoms with E-state index in [0.29, 0.717) is 12.1 Å². The van der Waals surface area contributed by atoms with E-state index in [1.54, 1.807) is 0 Å². The van der Waals surface area contributed by atoms with Crippen LogP contribution in [-0.2, 0) is 19.3 Å². The normalized spacial score (nSPS) is 13.7. The summed E-state index contributed by atoms with van der Waals surface area (Å²) >= 11 is 3.13. The van der Waals surface area contributed by atoms with Gasteiger partial charge in [0.05, 0.1) is 22.0 Å². The molecule has 2 aromatic heterocycles. The molecule has 118 valence electrons. The Morgan fingerprint density at radius 3 is 2.91 bits per heavy atom. The number of hydrogen-bond acceptors (Lipinski definition) is 6. The number of carbonyl (C=O) groups excluding carboxylic acids is 1. The molecular weight excluding hydrogens is 316 g/mol. The predicted molar refractivity (Wildman–Crippen MR) is 91.2 cm³/mol. The lowest BCUT2D eigenvalue weighted by atomic mass is 10.0. The van der Waals surface area contributed by atoms with Crippen molar-refractivity contribution in [3.63, 3.8) is 0 Å². The molecule has 0 unspecified atom stereocenters. The van der Waals surface area contributed by atoms with Crippen LogP contribution in [0.15, 0.2) is 0 Å². The molecule has 0 radical (unpaired) electrons. The van der Waals surface area contributed by atoms with Crippen LogP contribution in [0.2, 0.25) is 0 Å². The van der Waals surface area contributed by atoms with Crippen LogP contribution in [0, 0.1) is 6.92 Å². The molecule has 3 rings (SSSR count). The Kier molecular flexibility index (Phi) is 4.73. The summed E-state index contributed by atoms with van der Waals surface area (Å²) in [4.78, 5) is 18.4. The Labute approximate surface area is 138 Å². The van der Waals surface area contributed by atoms with Gasteiger partial charge in [-0.2, -0.15) is 4.37 Å². The second-order valence-electron chi connectivity index (χ2n) is 5.41. The second kappa shape index (κ2) is 6.75. The zero-order chi connectivity index (χ0) is 15.5. The highest BCUT2D eigenvalue weighted by atomic mass is 32.1. The molecule has 0 aromatic carbocycles. The van der Waals surface area contributed by atoms with Crippen LogP contribution in [0.25, 0.3) is 0 Å². The van der Waals surface area contributed by atoms with Crippen molar-refractivity contribution in [3.8, 4) is 0 Å². The smallest absolute Gasteiger partial charge is 0.256 e. The highest BCUT2D eigenvalue weighted by Crippen LogP contribution is 2.27. The Morgan fingerprint density at radius 1 is 1.32 bits per heavy atom. The highest BCUT2D eigenvalue weighted by Gasteiger charge is 2.18. The maximum Gasteiger partial charge on any atom is 0.256 e. The number of nitrogens with zero attached hydrogens (tertiary/aromatic N) is 2. The first-order valence-electron chi connectivity index (χ1n) is 7.58. The van der Waals surface area contributed by atoms with Gasteiger partial charge in [0.2, 0.25) is 0 Å². The van der Waals surface area contributed by atoms with E-state index in [4.69, 9.17) is 4.98 Å². The molecule has 0 bridgehead atoms. The van der Waals surface area contributed by atoms with Crippen LogP contribution in [0.1, 0.15) is 44.5 Å². The molecule has 2 aromatic rings. The van der Waals surface area contributed by atoms with E-state index in [-0.39, 0.29) is 5.91 Å². The van der Waals surface area contributed by atoms with Crippen molar-refractivity contribution < 1.29 is 4.79 Å². The molecule has 0 aliphatic heterocycles. The number of hydrogen-bond donors (Lipinski definition) is 2. The van der Waals surface area contributed by atoms with Gasteiger partial charge in [-0.15, -0.1) is 11.3 Å². The lowest BCUT2D eigenvalue weighted by Gasteiger charge is -2.06. The Balaban J connectivity index is 1.57. The maximum atomic E-state index is 12.3. The summed E-state index contributed by atoms with van der Waals surface area (Å²) < 4.78 is 4.23. The van der Waals surface area contributed by atoms with Crippen LogP contribution in [-0.4, -0.2) is 28.9 Å². The highest BCUT2D eigenvalue weighted by molar-refractivity contribution is 7.11. The molecule has 0 fully saturated rings. The van der Waals surface area contributed by atoms with E-state index in [2.05, 4.69) is 15.0 Å². The molecule has 1 aliphatic carbocycles. The minimum Gasteiger partial charge on any atom is -0.378 e. The predicted octanol–water partition coefficient (Wildman–Crippen LogP) is 2.80. The standard InChI is InChI=1S/C15H20N4OS2/c1-9-13(15(16-2)22-19-9)14(20)17-8-7-12-18-10-5-3-4-6-11(10)21-12/h16H,3-8H2,1-2H3,(H,17,20). The summed E-state index contributed by atoms with van der Waals surface area (Å²) in [7, 11) is 1.81. The first-order chi connectivity index (χ1) is 10.7. The molecular formula is C15H20N4OS2. The first-order valence-corrected chi connectivity index (χ1v) is 9.17. The van der Waals surface area contributed by atoms with Crippen molar-refractivity contribution in [1.29, 1.82) is 0 Å². The lowest BCUT2D eigenvalue weighted by molar-refractivity contribution is 0.0954. The van der Waals surface area contributed by atoms with Gasteiger partial charge >= 0.3 is 0 Å². The summed E-state index contributed by atoms with van der Waals surface area (Å²) in [5.74, 6) is -0.0584. The first kappa shape index (κ1) is 15.4. The van der Waals surface area contributed by atoms with Gasteiger partial charge < -0.3 is 10.6 Å². The minimum atomic E-state index is -0.0584. The Hall–Kier alpha value is -1.47. The van der Waals surface area contributed by atoms with Crippen molar-refractivity contribution in [2.24, 2.45) is 0 Å². The third kappa shape index (κ3) is 3.15. The van der Waals surface area contributed by atoms with Crippen molar-refractivity contribution in [1.82, 2.24) is 14.7 Å². The number of anilines is 1. The van der Waals surface area contributed by atoms with E-state index in [1.807, 2.05) is 25.3 Å². The van der Waals surface area contributed by atoms with Crippen LogP contribution < -0.4 is 10.6 Å². The van der Waals surface area contributed by atoms with Crippen molar-refractivity contribution in [3.05, 3.63) is 26.8 Å². The van der Waals surface area contributed by atoms with Gasteiger partial charge in [-0.1, -0.05) is 0 Å². The molecule has 0 spiro atoms. The largest absolute Gasteiger partial charge is 0.378 e. The fourth-order valence-electron chi connectivity index (χ4n) is 2.69. The summed E-state index contributed by atoms with van der Waals surface area (Å²) in [6.45, 7) is 2.48. The molecule has 0 atom stereocenters. The van der Waals surface area contributed by atoms with Crippen molar-refractivity contribution in [2.75, 3.05) is 18.9 Å². The van der Waals surface area contributed by atoms with E-state index in [9.17, 15) is 4.79 Å². The number of fused-ring (bicyclic) bond motifs is 1. The molecule has 0 saturated heterocycles. The lowest BCUT2D eigenvalue weighted by Crippen LogP contribution is -2.26. The van der Waals surface area contributed by atoms with Gasteiger partial charge in [-0.05, 0) is 44.1 Å². The number of amides is 1. The van der Waals surface area contributed by atoms with Crippen LogP contribution in [0.3, 0.4) is 0 Å². The van der Waals surface area contributed by atoms with Crippen LogP contribution in [0.4, 0.5) is 5.00 Å². The molecule has 5 nitrogen and oxygen atoms in total. The molecule has 1 aliphatic rings. The zero-order valence-corrected chi connectivity index (χ0v) is 14.5. The zero-order valence-electron chi connectivity index (χ0n) is 12.9. The third-order valence-electron chi connectivity index (χ3n) is 3.83. The molecule has 7 heteroatoms. The fraction of sp³-hybridized carbons (Fsp3) is 0.533. The van der Waals surface area contributed by atoms with Gasteiger partial charge in [0.15, 0.2) is 0 Å². The average molecular weight is 336 g/mol. The quantitative estimate of drug-likeness (QED) is 0.881. The second-order valence-corrected chi connectivity index (χ2v) is 7.35. The number of carbonyl (C=O) groups is 1. The summed E-state index contributed by atoms with van der Waals surface area (Å²) in [5, 5.41) is 7.97. The monoisotopic (exact) mass is 336 g/mol. The SMILES string of the molecule is CNc1snc(C)c1C(=O)NCCc1nc2c(s1)CCCC2. The number of aromatic nitrogens is 2. The van der Waals surface area contributed by atoms with E-state index < -0.39 is 0 Å². The number of rotatable bonds is 5. The van der Waals surface area contributed by atoms with Crippen LogP contribution >= 0.6 is 22.9 Å². The third-order valence-corrected chi connectivity index (χ3v) is 6.00. The molecule has 0 saturated carbocycles. The van der Waals surface area contributed by atoms with E-state index in [0.717, 1.165) is 28.5 Å². The molecule has 1 amide bonds. The summed E-state index contributed by atoms with van der Waals surface area (Å²) in [6, 6.07) is 0. The molecule has 2 N–H and O–H groups in total. The number of thiazole rings is 1. The van der Waals surface area contributed by atoms with Crippen LogP contribution in [0.5, 0.6) is 0 Å².